The quantitative estimate of drug-likeness (QED) is 0.548. The number of benzene rings is 1. The fraction of sp³-hybridized carbons (Fsp3) is 0.455. The van der Waals surface area contributed by atoms with Crippen LogP contribution in [-0.4, -0.2) is 25.0 Å². The predicted molar refractivity (Wildman–Crippen MR) is 59.1 cm³/mol. The molecule has 1 saturated heterocycles. The second-order valence-electron chi connectivity index (χ2n) is 4.01. The molecule has 1 aliphatic heterocycles. The molecule has 1 atom stereocenters. The molecule has 1 aromatic carbocycles. The Labute approximate surface area is 84.9 Å². The first-order chi connectivity index (χ1) is 6.79. The van der Waals surface area contributed by atoms with Crippen LogP contribution in [0.2, 0.25) is 0 Å². The van der Waals surface area contributed by atoms with Crippen molar-refractivity contribution in [2.75, 3.05) is 25.6 Å². The fourth-order valence-electron chi connectivity index (χ4n) is 2.06. The average Bonchev–Trinajstić information content (AvgIpc) is 2.65. The first kappa shape index (κ1) is 9.49. The van der Waals surface area contributed by atoms with Gasteiger partial charge in [0, 0.05) is 12.2 Å². The molecular weight excluding hydrogens is 174 g/mol. The third-order valence-electron chi connectivity index (χ3n) is 2.94. The maximum atomic E-state index is 5.32. The van der Waals surface area contributed by atoms with Crippen LogP contribution in [0.3, 0.4) is 0 Å². The van der Waals surface area contributed by atoms with Crippen LogP contribution in [0.25, 0.3) is 0 Å². The van der Waals surface area contributed by atoms with E-state index in [0.29, 0.717) is 5.92 Å². The van der Waals surface area contributed by atoms with Gasteiger partial charge in [-0.25, -0.2) is 0 Å². The van der Waals surface area contributed by atoms with Crippen molar-refractivity contribution >= 4 is 5.69 Å². The Morgan fingerprint density at radius 3 is 2.57 bits per heavy atom. The van der Waals surface area contributed by atoms with Crippen LogP contribution in [-0.2, 0) is 0 Å². The number of nitrogens with zero attached hydrogens (tertiary/aromatic N) is 1. The molecule has 2 rings (SSSR count). The standard InChI is InChI=1S/C11H17N3/c1-14-7-6-10(8-14)9-2-4-11(13-12)5-3-9/h2-5,10,13H,6-8,12H2,1H3. The van der Waals surface area contributed by atoms with Gasteiger partial charge in [0.1, 0.15) is 0 Å². The maximum absolute atomic E-state index is 5.32. The summed E-state index contributed by atoms with van der Waals surface area (Å²) in [6.45, 7) is 2.39. The zero-order valence-corrected chi connectivity index (χ0v) is 8.53. The van der Waals surface area contributed by atoms with Gasteiger partial charge < -0.3 is 10.3 Å². The van der Waals surface area contributed by atoms with E-state index in [4.69, 9.17) is 5.84 Å². The highest BCUT2D eigenvalue weighted by Gasteiger charge is 2.20. The predicted octanol–water partition coefficient (Wildman–Crippen LogP) is 1.39. The molecule has 3 heteroatoms. The third kappa shape index (κ3) is 1.89. The number of hydrazine groups is 1. The lowest BCUT2D eigenvalue weighted by molar-refractivity contribution is 0.411. The van der Waals surface area contributed by atoms with Gasteiger partial charge in [0.25, 0.3) is 0 Å². The van der Waals surface area contributed by atoms with Crippen molar-refractivity contribution in [3.05, 3.63) is 29.8 Å². The van der Waals surface area contributed by atoms with Crippen molar-refractivity contribution in [1.82, 2.24) is 4.90 Å². The molecule has 3 N–H and O–H groups in total. The molecule has 76 valence electrons. The fourth-order valence-corrected chi connectivity index (χ4v) is 2.06. The molecule has 1 heterocycles. The minimum atomic E-state index is 0.701. The Bertz CT molecular complexity index is 294. The Balaban J connectivity index is 2.09. The Morgan fingerprint density at radius 1 is 1.36 bits per heavy atom. The Kier molecular flexibility index (Phi) is 2.70. The molecule has 14 heavy (non-hydrogen) atoms. The van der Waals surface area contributed by atoms with Gasteiger partial charge in [-0.2, -0.15) is 0 Å². The molecule has 1 fully saturated rings. The van der Waals surface area contributed by atoms with E-state index in [1.807, 2.05) is 12.1 Å². The summed E-state index contributed by atoms with van der Waals surface area (Å²) in [6, 6.07) is 8.40. The Morgan fingerprint density at radius 2 is 2.07 bits per heavy atom. The molecular formula is C11H17N3. The number of nitrogens with one attached hydrogen (secondary N) is 1. The number of nitrogen functional groups attached to an aromatic ring is 1. The summed E-state index contributed by atoms with van der Waals surface area (Å²) < 4.78 is 0. The van der Waals surface area contributed by atoms with Gasteiger partial charge in [0.05, 0.1) is 0 Å². The molecule has 0 spiro atoms. The molecule has 1 aliphatic rings. The molecule has 3 nitrogen and oxygen atoms in total. The summed E-state index contributed by atoms with van der Waals surface area (Å²) in [5.41, 5.74) is 5.04. The molecule has 1 unspecified atom stereocenters. The average molecular weight is 191 g/mol. The van der Waals surface area contributed by atoms with Crippen molar-refractivity contribution in [3.8, 4) is 0 Å². The summed E-state index contributed by atoms with van der Waals surface area (Å²) in [4.78, 5) is 2.37. The van der Waals surface area contributed by atoms with Crippen molar-refractivity contribution < 1.29 is 0 Å². The van der Waals surface area contributed by atoms with Crippen LogP contribution >= 0.6 is 0 Å². The van der Waals surface area contributed by atoms with Crippen molar-refractivity contribution in [3.63, 3.8) is 0 Å². The van der Waals surface area contributed by atoms with Crippen LogP contribution in [0, 0.1) is 0 Å². The number of hydrogen-bond acceptors (Lipinski definition) is 3. The zero-order chi connectivity index (χ0) is 9.97. The minimum absolute atomic E-state index is 0.701. The topological polar surface area (TPSA) is 41.3 Å². The molecule has 1 aromatic rings. The van der Waals surface area contributed by atoms with Crippen LogP contribution < -0.4 is 11.3 Å². The van der Waals surface area contributed by atoms with Gasteiger partial charge >= 0.3 is 0 Å². The molecule has 0 amide bonds. The number of nitrogens with two attached hydrogens (primary N) is 1. The summed E-state index contributed by atoms with van der Waals surface area (Å²) in [6.07, 6.45) is 1.27. The van der Waals surface area contributed by atoms with E-state index in [0.717, 1.165) is 5.69 Å². The second-order valence-corrected chi connectivity index (χ2v) is 4.01. The molecule has 0 aliphatic carbocycles. The lowest BCUT2D eigenvalue weighted by atomic mass is 9.98. The highest BCUT2D eigenvalue weighted by Crippen LogP contribution is 2.26. The highest BCUT2D eigenvalue weighted by molar-refractivity contribution is 5.44. The smallest absolute Gasteiger partial charge is 0.0485 e. The van der Waals surface area contributed by atoms with E-state index < -0.39 is 0 Å². The van der Waals surface area contributed by atoms with E-state index in [1.54, 1.807) is 0 Å². The first-order valence-corrected chi connectivity index (χ1v) is 5.04. The van der Waals surface area contributed by atoms with Crippen LogP contribution in [0.15, 0.2) is 24.3 Å². The summed E-state index contributed by atoms with van der Waals surface area (Å²) >= 11 is 0. The summed E-state index contributed by atoms with van der Waals surface area (Å²) in [7, 11) is 2.18. The lowest BCUT2D eigenvalue weighted by Gasteiger charge is -2.11. The van der Waals surface area contributed by atoms with Gasteiger partial charge in [0.2, 0.25) is 0 Å². The van der Waals surface area contributed by atoms with Gasteiger partial charge in [-0.05, 0) is 43.6 Å². The third-order valence-corrected chi connectivity index (χ3v) is 2.94. The number of anilines is 1. The minimum Gasteiger partial charge on any atom is -0.324 e. The van der Waals surface area contributed by atoms with Crippen LogP contribution in [0.5, 0.6) is 0 Å². The van der Waals surface area contributed by atoms with Gasteiger partial charge in [-0.15, -0.1) is 0 Å². The maximum Gasteiger partial charge on any atom is 0.0485 e. The molecule has 0 aromatic heterocycles. The monoisotopic (exact) mass is 191 g/mol. The molecule has 0 radical (unpaired) electrons. The normalized spacial score (nSPS) is 22.6. The number of likely N-dealkylation sites (tertiary alicyclic amines) is 1. The van der Waals surface area contributed by atoms with Crippen molar-refractivity contribution in [2.24, 2.45) is 5.84 Å². The van der Waals surface area contributed by atoms with Crippen molar-refractivity contribution in [2.45, 2.75) is 12.3 Å². The first-order valence-electron chi connectivity index (χ1n) is 5.04. The van der Waals surface area contributed by atoms with E-state index in [9.17, 15) is 0 Å². The van der Waals surface area contributed by atoms with Crippen molar-refractivity contribution in [1.29, 1.82) is 0 Å². The summed E-state index contributed by atoms with van der Waals surface area (Å²) in [5, 5.41) is 0. The Hall–Kier alpha value is -1.06. The molecule has 0 saturated carbocycles. The number of hydrogen-bond donors (Lipinski definition) is 2. The second kappa shape index (κ2) is 3.98. The lowest BCUT2D eigenvalue weighted by Crippen LogP contribution is -2.13. The highest BCUT2D eigenvalue weighted by atomic mass is 15.2. The number of rotatable bonds is 2. The SMILES string of the molecule is CN1CCC(c2ccc(NN)cc2)C1. The van der Waals surface area contributed by atoms with Crippen LogP contribution in [0.4, 0.5) is 5.69 Å². The van der Waals surface area contributed by atoms with E-state index >= 15 is 0 Å². The number of likely N-dealkylation sites (N-methyl/N-ethyl adjacent to an activating group) is 1. The van der Waals surface area contributed by atoms with Gasteiger partial charge in [0.15, 0.2) is 0 Å². The van der Waals surface area contributed by atoms with Gasteiger partial charge in [-0.1, -0.05) is 12.1 Å². The summed E-state index contributed by atoms with van der Waals surface area (Å²) in [5.74, 6) is 6.02. The van der Waals surface area contributed by atoms with E-state index in [1.165, 1.54) is 25.1 Å². The zero-order valence-electron chi connectivity index (χ0n) is 8.53. The molecule has 0 bridgehead atoms. The van der Waals surface area contributed by atoms with E-state index in [2.05, 4.69) is 29.5 Å². The van der Waals surface area contributed by atoms with Crippen LogP contribution in [0.1, 0.15) is 17.9 Å². The van der Waals surface area contributed by atoms with E-state index in [-0.39, 0.29) is 0 Å². The largest absolute Gasteiger partial charge is 0.324 e. The van der Waals surface area contributed by atoms with Gasteiger partial charge in [-0.3, -0.25) is 5.84 Å².